The second-order valence-electron chi connectivity index (χ2n) is 4.21. The molecule has 0 aromatic carbocycles. The average molecular weight is 236 g/mol. The molecule has 90 valence electrons. The van der Waals surface area contributed by atoms with Crippen molar-refractivity contribution < 1.29 is 13.2 Å². The first-order valence-electron chi connectivity index (χ1n) is 5.10. The topological polar surface area (TPSA) is 72.6 Å². The summed E-state index contributed by atoms with van der Waals surface area (Å²) in [5.74, 6) is 0.574. The summed E-state index contributed by atoms with van der Waals surface area (Å²) < 4.78 is 27.5. The smallest absolute Gasteiger partial charge is 0.151 e. The van der Waals surface area contributed by atoms with Gasteiger partial charge in [-0.15, -0.1) is 0 Å². The van der Waals surface area contributed by atoms with E-state index in [1.54, 1.807) is 7.11 Å². The van der Waals surface area contributed by atoms with E-state index < -0.39 is 9.84 Å². The zero-order chi connectivity index (χ0) is 11.5. The van der Waals surface area contributed by atoms with Crippen molar-refractivity contribution in [3.63, 3.8) is 0 Å². The molecular weight excluding hydrogens is 216 g/mol. The Balaban J connectivity index is 2.38. The highest BCUT2D eigenvalue weighted by Gasteiger charge is 2.30. The highest BCUT2D eigenvalue weighted by atomic mass is 32.2. The van der Waals surface area contributed by atoms with E-state index in [9.17, 15) is 8.42 Å². The van der Waals surface area contributed by atoms with Crippen molar-refractivity contribution in [1.82, 2.24) is 4.90 Å². The fourth-order valence-corrected chi connectivity index (χ4v) is 3.71. The van der Waals surface area contributed by atoms with Crippen LogP contribution in [0.15, 0.2) is 0 Å². The molecule has 1 rings (SSSR count). The van der Waals surface area contributed by atoms with Crippen LogP contribution >= 0.6 is 0 Å². The van der Waals surface area contributed by atoms with Gasteiger partial charge in [-0.25, -0.2) is 8.42 Å². The molecule has 0 saturated carbocycles. The molecule has 5 nitrogen and oxygen atoms in total. The molecule has 0 aromatic rings. The summed E-state index contributed by atoms with van der Waals surface area (Å²) >= 11 is 0. The standard InChI is InChI=1S/C9H20N2O3S/c1-11(5-8(10)6-14-2)9-3-4-15(12,13)7-9/h8-9H,3-7,10H2,1-2H3. The molecule has 1 aliphatic rings. The van der Waals surface area contributed by atoms with Crippen molar-refractivity contribution >= 4 is 9.84 Å². The number of nitrogens with two attached hydrogens (primary N) is 1. The maximum absolute atomic E-state index is 11.3. The second kappa shape index (κ2) is 5.25. The number of hydrogen-bond acceptors (Lipinski definition) is 5. The SMILES string of the molecule is COCC(N)CN(C)C1CCS(=O)(=O)C1. The van der Waals surface area contributed by atoms with E-state index >= 15 is 0 Å². The Labute approximate surface area is 91.5 Å². The van der Waals surface area contributed by atoms with Gasteiger partial charge in [-0.3, -0.25) is 0 Å². The second-order valence-corrected chi connectivity index (χ2v) is 6.44. The first-order valence-corrected chi connectivity index (χ1v) is 6.92. The van der Waals surface area contributed by atoms with E-state index in [1.807, 2.05) is 11.9 Å². The third-order valence-electron chi connectivity index (χ3n) is 2.73. The van der Waals surface area contributed by atoms with Gasteiger partial charge in [0.2, 0.25) is 0 Å². The van der Waals surface area contributed by atoms with Crippen LogP contribution < -0.4 is 5.73 Å². The quantitative estimate of drug-likeness (QED) is 0.668. The normalized spacial score (nSPS) is 27.1. The van der Waals surface area contributed by atoms with E-state index in [-0.39, 0.29) is 17.8 Å². The maximum Gasteiger partial charge on any atom is 0.151 e. The summed E-state index contributed by atoms with van der Waals surface area (Å²) in [6, 6.07) is 0.0706. The van der Waals surface area contributed by atoms with Crippen molar-refractivity contribution in [2.75, 3.05) is 38.8 Å². The predicted molar refractivity (Wildman–Crippen MR) is 59.5 cm³/mol. The summed E-state index contributed by atoms with van der Waals surface area (Å²) in [6.07, 6.45) is 0.721. The molecule has 0 spiro atoms. The number of hydrogen-bond donors (Lipinski definition) is 1. The summed E-state index contributed by atoms with van der Waals surface area (Å²) in [4.78, 5) is 2.02. The number of ether oxygens (including phenoxy) is 1. The highest BCUT2D eigenvalue weighted by Crippen LogP contribution is 2.16. The number of likely N-dealkylation sites (N-methyl/N-ethyl adjacent to an activating group) is 1. The van der Waals surface area contributed by atoms with Crippen LogP contribution in [0.2, 0.25) is 0 Å². The minimum atomic E-state index is -2.80. The number of rotatable bonds is 5. The molecule has 6 heteroatoms. The molecule has 0 radical (unpaired) electrons. The van der Waals surface area contributed by atoms with Gasteiger partial charge >= 0.3 is 0 Å². The zero-order valence-corrected chi connectivity index (χ0v) is 10.2. The first kappa shape index (κ1) is 12.9. The summed E-state index contributed by atoms with van der Waals surface area (Å²) in [5.41, 5.74) is 5.80. The van der Waals surface area contributed by atoms with Gasteiger partial charge in [-0.05, 0) is 13.5 Å². The van der Waals surface area contributed by atoms with Gasteiger partial charge in [-0.2, -0.15) is 0 Å². The fraction of sp³-hybridized carbons (Fsp3) is 1.00. The molecule has 0 bridgehead atoms. The largest absolute Gasteiger partial charge is 0.383 e. The molecule has 0 amide bonds. The van der Waals surface area contributed by atoms with E-state index in [0.29, 0.717) is 18.9 Å². The van der Waals surface area contributed by atoms with Crippen molar-refractivity contribution in [2.45, 2.75) is 18.5 Å². The van der Waals surface area contributed by atoms with E-state index in [2.05, 4.69) is 0 Å². The Morgan fingerprint density at radius 2 is 2.27 bits per heavy atom. The van der Waals surface area contributed by atoms with Crippen LogP contribution in [0.1, 0.15) is 6.42 Å². The molecule has 0 aromatic heterocycles. The van der Waals surface area contributed by atoms with Crippen LogP contribution in [0, 0.1) is 0 Å². The molecule has 2 N–H and O–H groups in total. The molecular formula is C9H20N2O3S. The van der Waals surface area contributed by atoms with E-state index in [1.165, 1.54) is 0 Å². The summed E-state index contributed by atoms with van der Waals surface area (Å²) in [6.45, 7) is 1.18. The molecule has 1 heterocycles. The molecule has 2 unspecified atom stereocenters. The molecule has 2 atom stereocenters. The lowest BCUT2D eigenvalue weighted by atomic mass is 10.2. The van der Waals surface area contributed by atoms with Crippen LogP contribution in [0.5, 0.6) is 0 Å². The minimum Gasteiger partial charge on any atom is -0.383 e. The molecule has 15 heavy (non-hydrogen) atoms. The Morgan fingerprint density at radius 1 is 1.60 bits per heavy atom. The Hall–Kier alpha value is -0.170. The Kier molecular flexibility index (Phi) is 4.51. The van der Waals surface area contributed by atoms with Crippen LogP contribution in [-0.2, 0) is 14.6 Å². The number of sulfone groups is 1. The molecule has 1 fully saturated rings. The van der Waals surface area contributed by atoms with Gasteiger partial charge in [-0.1, -0.05) is 0 Å². The Morgan fingerprint density at radius 3 is 2.73 bits per heavy atom. The van der Waals surface area contributed by atoms with Gasteiger partial charge in [0.25, 0.3) is 0 Å². The number of methoxy groups -OCH3 is 1. The van der Waals surface area contributed by atoms with Crippen molar-refractivity contribution in [2.24, 2.45) is 5.73 Å². The zero-order valence-electron chi connectivity index (χ0n) is 9.35. The van der Waals surface area contributed by atoms with Crippen LogP contribution in [0.25, 0.3) is 0 Å². The van der Waals surface area contributed by atoms with Crippen LogP contribution in [0.3, 0.4) is 0 Å². The minimum absolute atomic E-state index is 0.0525. The lowest BCUT2D eigenvalue weighted by Gasteiger charge is -2.25. The lowest BCUT2D eigenvalue weighted by Crippen LogP contribution is -2.43. The van der Waals surface area contributed by atoms with Gasteiger partial charge in [0.15, 0.2) is 9.84 Å². The summed E-state index contributed by atoms with van der Waals surface area (Å²) in [5, 5.41) is 0. The third kappa shape index (κ3) is 4.06. The van der Waals surface area contributed by atoms with Gasteiger partial charge < -0.3 is 15.4 Å². The molecule has 1 aliphatic heterocycles. The predicted octanol–water partition coefficient (Wildman–Crippen LogP) is -0.921. The van der Waals surface area contributed by atoms with Crippen molar-refractivity contribution in [3.8, 4) is 0 Å². The fourth-order valence-electron chi connectivity index (χ4n) is 1.91. The van der Waals surface area contributed by atoms with Gasteiger partial charge in [0.05, 0.1) is 18.1 Å². The highest BCUT2D eigenvalue weighted by molar-refractivity contribution is 7.91. The van der Waals surface area contributed by atoms with Gasteiger partial charge in [0.1, 0.15) is 0 Å². The van der Waals surface area contributed by atoms with E-state index in [0.717, 1.165) is 6.42 Å². The third-order valence-corrected chi connectivity index (χ3v) is 4.49. The monoisotopic (exact) mass is 236 g/mol. The molecule has 1 saturated heterocycles. The maximum atomic E-state index is 11.3. The van der Waals surface area contributed by atoms with E-state index in [4.69, 9.17) is 10.5 Å². The first-order chi connectivity index (χ1) is 6.94. The number of nitrogens with zero attached hydrogens (tertiary/aromatic N) is 1. The lowest BCUT2D eigenvalue weighted by molar-refractivity contribution is 0.151. The Bertz CT molecular complexity index is 292. The van der Waals surface area contributed by atoms with Crippen molar-refractivity contribution in [3.05, 3.63) is 0 Å². The van der Waals surface area contributed by atoms with Gasteiger partial charge in [0, 0.05) is 25.7 Å². The van der Waals surface area contributed by atoms with Crippen LogP contribution in [-0.4, -0.2) is 64.2 Å². The molecule has 0 aliphatic carbocycles. The summed E-state index contributed by atoms with van der Waals surface area (Å²) in [7, 11) is 0.726. The van der Waals surface area contributed by atoms with Crippen LogP contribution in [0.4, 0.5) is 0 Å². The van der Waals surface area contributed by atoms with Crippen molar-refractivity contribution in [1.29, 1.82) is 0 Å². The average Bonchev–Trinajstić information content (AvgIpc) is 2.46.